The summed E-state index contributed by atoms with van der Waals surface area (Å²) in [4.78, 5) is 19.2. The van der Waals surface area contributed by atoms with Crippen LogP contribution in [0.2, 0.25) is 5.02 Å². The predicted molar refractivity (Wildman–Crippen MR) is 106 cm³/mol. The molecule has 3 rings (SSSR count). The van der Waals surface area contributed by atoms with E-state index in [-0.39, 0.29) is 16.4 Å². The molecule has 0 bridgehead atoms. The van der Waals surface area contributed by atoms with Crippen molar-refractivity contribution < 1.29 is 8.42 Å². The molecule has 0 aliphatic heterocycles. The Morgan fingerprint density at radius 1 is 1.04 bits per heavy atom. The summed E-state index contributed by atoms with van der Waals surface area (Å²) in [6.45, 7) is 3.54. The second kappa shape index (κ2) is 7.54. The van der Waals surface area contributed by atoms with Crippen molar-refractivity contribution >= 4 is 27.6 Å². The summed E-state index contributed by atoms with van der Waals surface area (Å²) in [5, 5.41) is 0.614. The van der Waals surface area contributed by atoms with Crippen LogP contribution in [0.15, 0.2) is 58.2 Å². The topological polar surface area (TPSA) is 91.9 Å². The van der Waals surface area contributed by atoms with Crippen molar-refractivity contribution in [3.63, 3.8) is 0 Å². The minimum Gasteiger partial charge on any atom is -0.292 e. The van der Waals surface area contributed by atoms with Gasteiger partial charge in [-0.1, -0.05) is 41.4 Å². The number of nitrogens with one attached hydrogen (secondary N) is 2. The monoisotopic (exact) mass is 403 g/mol. The quantitative estimate of drug-likeness (QED) is 0.682. The molecule has 27 heavy (non-hydrogen) atoms. The molecule has 0 atom stereocenters. The van der Waals surface area contributed by atoms with Gasteiger partial charge in [-0.25, -0.2) is 18.1 Å². The van der Waals surface area contributed by atoms with Gasteiger partial charge in [-0.2, -0.15) is 0 Å². The number of hydrogen-bond acceptors (Lipinski definition) is 4. The van der Waals surface area contributed by atoms with Crippen LogP contribution in [-0.4, -0.2) is 18.4 Å². The Kier molecular flexibility index (Phi) is 5.34. The van der Waals surface area contributed by atoms with Gasteiger partial charge in [-0.05, 0) is 43.7 Å². The van der Waals surface area contributed by atoms with Gasteiger partial charge in [0.2, 0.25) is 5.95 Å². The fraction of sp³-hybridized carbons (Fsp3) is 0.158. The Hall–Kier alpha value is -2.64. The van der Waals surface area contributed by atoms with Crippen LogP contribution in [0.3, 0.4) is 0 Å². The van der Waals surface area contributed by atoms with Crippen molar-refractivity contribution in [1.29, 1.82) is 0 Å². The number of hydrogen-bond donors (Lipinski definition) is 2. The maximum absolute atomic E-state index is 12.5. The SMILES string of the molecule is Cc1ccc(S(=O)(=O)Nc2nc(C)c(Cc3ccc(Cl)cc3)c(=O)[nH]2)cc1. The number of rotatable bonds is 5. The number of anilines is 1. The number of halogens is 1. The smallest absolute Gasteiger partial charge is 0.264 e. The van der Waals surface area contributed by atoms with Crippen LogP contribution in [0.5, 0.6) is 0 Å². The van der Waals surface area contributed by atoms with Crippen LogP contribution < -0.4 is 10.3 Å². The molecule has 2 aromatic carbocycles. The van der Waals surface area contributed by atoms with Crippen molar-refractivity contribution in [3.8, 4) is 0 Å². The Morgan fingerprint density at radius 2 is 1.67 bits per heavy atom. The molecule has 0 unspecified atom stereocenters. The van der Waals surface area contributed by atoms with Gasteiger partial charge in [0, 0.05) is 17.0 Å². The maximum atomic E-state index is 12.5. The number of aryl methyl sites for hydroxylation is 2. The van der Waals surface area contributed by atoms with Crippen LogP contribution in [0, 0.1) is 13.8 Å². The van der Waals surface area contributed by atoms with Crippen LogP contribution in [-0.2, 0) is 16.4 Å². The van der Waals surface area contributed by atoms with E-state index in [2.05, 4.69) is 14.7 Å². The number of aromatic nitrogens is 2. The Morgan fingerprint density at radius 3 is 2.26 bits per heavy atom. The number of sulfonamides is 1. The zero-order valence-corrected chi connectivity index (χ0v) is 16.4. The molecule has 0 aliphatic rings. The van der Waals surface area contributed by atoms with Crippen LogP contribution in [0.4, 0.5) is 5.95 Å². The fourth-order valence-corrected chi connectivity index (χ4v) is 3.67. The highest BCUT2D eigenvalue weighted by Crippen LogP contribution is 2.16. The van der Waals surface area contributed by atoms with Gasteiger partial charge >= 0.3 is 0 Å². The Bertz CT molecular complexity index is 1120. The lowest BCUT2D eigenvalue weighted by molar-refractivity contribution is 0.600. The van der Waals surface area contributed by atoms with E-state index in [0.717, 1.165) is 11.1 Å². The summed E-state index contributed by atoms with van der Waals surface area (Å²) in [6, 6.07) is 13.5. The number of nitrogens with zero attached hydrogens (tertiary/aromatic N) is 1. The molecule has 6 nitrogen and oxygen atoms in total. The summed E-state index contributed by atoms with van der Waals surface area (Å²) in [5.41, 5.74) is 2.38. The first kappa shape index (κ1) is 19.1. The summed E-state index contributed by atoms with van der Waals surface area (Å²) in [7, 11) is -3.84. The van der Waals surface area contributed by atoms with Crippen molar-refractivity contribution in [2.45, 2.75) is 25.2 Å². The summed E-state index contributed by atoms with van der Waals surface area (Å²) in [6.07, 6.45) is 0.371. The molecule has 0 aliphatic carbocycles. The zero-order valence-electron chi connectivity index (χ0n) is 14.8. The Labute approximate surface area is 162 Å². The van der Waals surface area contributed by atoms with Crippen molar-refractivity contribution in [1.82, 2.24) is 9.97 Å². The van der Waals surface area contributed by atoms with E-state index in [1.165, 1.54) is 12.1 Å². The number of benzene rings is 2. The average Bonchev–Trinajstić information content (AvgIpc) is 2.60. The average molecular weight is 404 g/mol. The van der Waals surface area contributed by atoms with Gasteiger partial charge < -0.3 is 0 Å². The van der Waals surface area contributed by atoms with Gasteiger partial charge in [-0.15, -0.1) is 0 Å². The van der Waals surface area contributed by atoms with E-state index in [1.54, 1.807) is 31.2 Å². The van der Waals surface area contributed by atoms with Crippen molar-refractivity contribution in [2.24, 2.45) is 0 Å². The van der Waals surface area contributed by atoms with Gasteiger partial charge in [0.25, 0.3) is 15.6 Å². The lowest BCUT2D eigenvalue weighted by atomic mass is 10.1. The molecule has 0 saturated carbocycles. The van der Waals surface area contributed by atoms with E-state index in [0.29, 0.717) is 22.7 Å². The summed E-state index contributed by atoms with van der Waals surface area (Å²) < 4.78 is 27.2. The summed E-state index contributed by atoms with van der Waals surface area (Å²) in [5.74, 6) is -0.113. The number of aromatic amines is 1. The molecule has 1 heterocycles. The molecule has 0 spiro atoms. The minimum absolute atomic E-state index is 0.0960. The second-order valence-corrected chi connectivity index (χ2v) is 8.32. The fourth-order valence-electron chi connectivity index (χ4n) is 2.58. The first-order valence-corrected chi connectivity index (χ1v) is 10.0. The van der Waals surface area contributed by atoms with E-state index in [1.807, 2.05) is 19.1 Å². The van der Waals surface area contributed by atoms with E-state index < -0.39 is 10.0 Å². The third-order valence-electron chi connectivity index (χ3n) is 4.08. The third kappa shape index (κ3) is 4.56. The highest BCUT2D eigenvalue weighted by atomic mass is 35.5. The first-order valence-electron chi connectivity index (χ1n) is 8.18. The molecule has 140 valence electrons. The Balaban J connectivity index is 1.87. The first-order chi connectivity index (χ1) is 12.7. The second-order valence-electron chi connectivity index (χ2n) is 6.20. The molecule has 2 N–H and O–H groups in total. The third-order valence-corrected chi connectivity index (χ3v) is 5.69. The van der Waals surface area contributed by atoms with Crippen LogP contribution >= 0.6 is 11.6 Å². The molecule has 0 radical (unpaired) electrons. The molecule has 0 saturated heterocycles. The normalized spacial score (nSPS) is 11.4. The zero-order chi connectivity index (χ0) is 19.6. The maximum Gasteiger partial charge on any atom is 0.264 e. The van der Waals surface area contributed by atoms with E-state index in [9.17, 15) is 13.2 Å². The summed E-state index contributed by atoms with van der Waals surface area (Å²) >= 11 is 5.87. The standard InChI is InChI=1S/C19H18ClN3O3S/c1-12-3-9-16(10-4-12)27(25,26)23-19-21-13(2)17(18(24)22-19)11-14-5-7-15(20)8-6-14/h3-10H,11H2,1-2H3,(H2,21,22,23,24). The minimum atomic E-state index is -3.84. The van der Waals surface area contributed by atoms with Crippen molar-refractivity contribution in [2.75, 3.05) is 4.72 Å². The van der Waals surface area contributed by atoms with Gasteiger partial charge in [0.15, 0.2) is 0 Å². The molecular formula is C19H18ClN3O3S. The largest absolute Gasteiger partial charge is 0.292 e. The lowest BCUT2D eigenvalue weighted by Crippen LogP contribution is -2.22. The van der Waals surface area contributed by atoms with E-state index in [4.69, 9.17) is 11.6 Å². The van der Waals surface area contributed by atoms with Crippen LogP contribution in [0.1, 0.15) is 22.4 Å². The number of H-pyrrole nitrogens is 1. The van der Waals surface area contributed by atoms with Gasteiger partial charge in [0.05, 0.1) is 10.6 Å². The van der Waals surface area contributed by atoms with Gasteiger partial charge in [-0.3, -0.25) is 9.78 Å². The molecule has 1 aromatic heterocycles. The van der Waals surface area contributed by atoms with Gasteiger partial charge in [0.1, 0.15) is 0 Å². The van der Waals surface area contributed by atoms with Crippen LogP contribution in [0.25, 0.3) is 0 Å². The molecular weight excluding hydrogens is 386 g/mol. The predicted octanol–water partition coefficient (Wildman–Crippen LogP) is 3.43. The molecule has 0 amide bonds. The highest BCUT2D eigenvalue weighted by molar-refractivity contribution is 7.92. The molecule has 0 fully saturated rings. The highest BCUT2D eigenvalue weighted by Gasteiger charge is 2.17. The molecule has 8 heteroatoms. The lowest BCUT2D eigenvalue weighted by Gasteiger charge is -2.10. The van der Waals surface area contributed by atoms with Crippen molar-refractivity contribution in [3.05, 3.63) is 86.3 Å². The molecule has 3 aromatic rings. The van der Waals surface area contributed by atoms with E-state index >= 15 is 0 Å².